The fourth-order valence-corrected chi connectivity index (χ4v) is 5.38. The van der Waals surface area contributed by atoms with Crippen LogP contribution in [0, 0.1) is 10.6 Å². The van der Waals surface area contributed by atoms with Crippen LogP contribution in [0.2, 0.25) is 0 Å². The van der Waals surface area contributed by atoms with Gasteiger partial charge in [-0.05, 0) is 60.7 Å². The van der Waals surface area contributed by atoms with Gasteiger partial charge in [0.15, 0.2) is 0 Å². The van der Waals surface area contributed by atoms with Gasteiger partial charge in [0.25, 0.3) is 0 Å². The molecule has 0 bridgehead atoms. The number of carbonyl (C=O) groups is 2. The highest BCUT2D eigenvalue weighted by Crippen LogP contribution is 2.45. The molecule has 10 heteroatoms. The van der Waals surface area contributed by atoms with Crippen LogP contribution in [0.15, 0.2) is 48.5 Å². The third kappa shape index (κ3) is 5.66. The number of rotatable bonds is 9. The Hall–Kier alpha value is -3.08. The first-order valence-corrected chi connectivity index (χ1v) is 13.7. The summed E-state index contributed by atoms with van der Waals surface area (Å²) >= 11 is 0. The second kappa shape index (κ2) is 9.76. The van der Waals surface area contributed by atoms with Gasteiger partial charge in [-0.2, -0.15) is 0 Å². The third-order valence-electron chi connectivity index (χ3n) is 6.54. The topological polar surface area (TPSA) is 129 Å². The molecule has 4 N–H and O–H groups in total. The number of ether oxygens (including phenoxy) is 1. The lowest BCUT2D eigenvalue weighted by atomic mass is 9.90. The first-order chi connectivity index (χ1) is 16.8. The lowest BCUT2D eigenvalue weighted by Gasteiger charge is -2.26. The number of hydrogen-bond acceptors (Lipinski definition) is 6. The van der Waals surface area contributed by atoms with Gasteiger partial charge in [0.2, 0.25) is 5.91 Å². The maximum Gasteiger partial charge on any atom is 0.320 e. The predicted molar refractivity (Wildman–Crippen MR) is 136 cm³/mol. The summed E-state index contributed by atoms with van der Waals surface area (Å²) in [6, 6.07) is 11.0. The molecule has 1 amide bonds. The van der Waals surface area contributed by atoms with Gasteiger partial charge in [-0.3, -0.25) is 18.6 Å². The molecule has 0 aliphatic carbocycles. The van der Waals surface area contributed by atoms with Gasteiger partial charge in [0, 0.05) is 34.0 Å². The quantitative estimate of drug-likeness (QED) is 0.403. The van der Waals surface area contributed by atoms with Gasteiger partial charge in [-0.15, -0.1) is 0 Å². The van der Waals surface area contributed by atoms with Crippen molar-refractivity contribution in [2.45, 2.75) is 50.5 Å². The molecule has 2 aliphatic heterocycles. The van der Waals surface area contributed by atoms with E-state index in [1.54, 1.807) is 6.07 Å². The van der Waals surface area contributed by atoms with Crippen molar-refractivity contribution in [3.8, 4) is 0 Å². The van der Waals surface area contributed by atoms with Crippen molar-refractivity contribution in [2.75, 3.05) is 17.3 Å². The highest BCUT2D eigenvalue weighted by molar-refractivity contribution is 7.91. The molecule has 2 aromatic carbocycles. The van der Waals surface area contributed by atoms with Gasteiger partial charge in [0.05, 0.1) is 17.6 Å². The normalized spacial score (nSPS) is 22.9. The Morgan fingerprint density at radius 1 is 1.28 bits per heavy atom. The lowest BCUT2D eigenvalue weighted by Crippen LogP contribution is -2.37. The predicted octanol–water partition coefficient (Wildman–Crippen LogP) is 3.73. The summed E-state index contributed by atoms with van der Waals surface area (Å²) in [5.41, 5.74) is 3.22. The number of carboxylic acids is 1. The van der Waals surface area contributed by atoms with E-state index in [0.717, 1.165) is 16.7 Å². The van der Waals surface area contributed by atoms with Gasteiger partial charge < -0.3 is 20.5 Å². The van der Waals surface area contributed by atoms with Gasteiger partial charge in [-0.1, -0.05) is 30.3 Å². The fraction of sp³-hybridized carbons (Fsp3) is 0.385. The van der Waals surface area contributed by atoms with Crippen molar-refractivity contribution in [1.82, 2.24) is 5.32 Å². The SMILES string of the molecule is CC1(C)OC(C2C(=O)Nc3cc(F)ccc32)C=C1c1ccc(CNC(CCS(C)(=N)=O)C(=O)O)cc1. The number of halogens is 1. The van der Waals surface area contributed by atoms with Crippen molar-refractivity contribution >= 4 is 32.9 Å². The van der Waals surface area contributed by atoms with Crippen molar-refractivity contribution in [3.63, 3.8) is 0 Å². The zero-order valence-corrected chi connectivity index (χ0v) is 21.2. The summed E-state index contributed by atoms with van der Waals surface area (Å²) in [6.45, 7) is 4.17. The molecule has 0 saturated heterocycles. The highest BCUT2D eigenvalue weighted by Gasteiger charge is 2.44. The van der Waals surface area contributed by atoms with Crippen molar-refractivity contribution in [3.05, 3.63) is 71.0 Å². The number of nitrogens with one attached hydrogen (secondary N) is 3. The Bertz CT molecular complexity index is 1320. The number of carbonyl (C=O) groups excluding carboxylic acids is 1. The van der Waals surface area contributed by atoms with Gasteiger partial charge >= 0.3 is 5.97 Å². The molecule has 192 valence electrons. The number of aliphatic carboxylic acids is 1. The van der Waals surface area contributed by atoms with E-state index in [1.807, 2.05) is 44.2 Å². The second-order valence-corrected chi connectivity index (χ2v) is 12.3. The largest absolute Gasteiger partial charge is 0.480 e. The van der Waals surface area contributed by atoms with Crippen LogP contribution in [0.4, 0.5) is 10.1 Å². The number of hydrogen-bond donors (Lipinski definition) is 4. The Morgan fingerprint density at radius 3 is 2.61 bits per heavy atom. The first kappa shape index (κ1) is 26.0. The minimum absolute atomic E-state index is 0.0126. The van der Waals surface area contributed by atoms with Crippen LogP contribution in [0.25, 0.3) is 5.57 Å². The number of carboxylic acid groups (broad SMARTS) is 1. The van der Waals surface area contributed by atoms with E-state index in [-0.39, 0.29) is 18.1 Å². The molecule has 0 radical (unpaired) electrons. The Labute approximate surface area is 209 Å². The summed E-state index contributed by atoms with van der Waals surface area (Å²) < 4.78 is 39.0. The first-order valence-electron chi connectivity index (χ1n) is 11.6. The molecular weight excluding hydrogens is 485 g/mol. The molecular formula is C26H30FN3O5S. The number of anilines is 1. The number of amides is 1. The highest BCUT2D eigenvalue weighted by atomic mass is 32.2. The molecule has 0 aromatic heterocycles. The zero-order valence-electron chi connectivity index (χ0n) is 20.3. The molecule has 2 heterocycles. The van der Waals surface area contributed by atoms with Crippen LogP contribution in [0.1, 0.15) is 42.9 Å². The van der Waals surface area contributed by atoms with E-state index in [4.69, 9.17) is 9.52 Å². The average Bonchev–Trinajstić information content (AvgIpc) is 3.27. The van der Waals surface area contributed by atoms with E-state index in [0.29, 0.717) is 17.8 Å². The summed E-state index contributed by atoms with van der Waals surface area (Å²) in [7, 11) is -2.76. The smallest absolute Gasteiger partial charge is 0.320 e. The summed E-state index contributed by atoms with van der Waals surface area (Å²) in [6.07, 6.45) is 2.84. The molecule has 36 heavy (non-hydrogen) atoms. The molecule has 2 aromatic rings. The van der Waals surface area contributed by atoms with E-state index in [1.165, 1.54) is 18.4 Å². The van der Waals surface area contributed by atoms with Gasteiger partial charge in [0.1, 0.15) is 11.9 Å². The average molecular weight is 516 g/mol. The van der Waals surface area contributed by atoms with Crippen molar-refractivity contribution < 1.29 is 28.0 Å². The van der Waals surface area contributed by atoms with Crippen LogP contribution >= 0.6 is 0 Å². The van der Waals surface area contributed by atoms with Crippen LogP contribution in [0.5, 0.6) is 0 Å². The molecule has 8 nitrogen and oxygen atoms in total. The zero-order chi connectivity index (χ0) is 26.3. The standard InChI is InChI=1S/C26H30FN3O5S/c1-26(2)19(13-22(35-26)23-18-9-8-17(27)12-21(18)30-24(23)31)16-6-4-15(5-7-16)14-29-20(25(32)33)10-11-36(3,28)34/h4-9,12-13,20,22-23,28-29H,10-11,14H2,1-3H3,(H,30,31)(H,32,33). The fourth-order valence-electron chi connectivity index (χ4n) is 4.70. The second-order valence-electron chi connectivity index (χ2n) is 9.84. The summed E-state index contributed by atoms with van der Waals surface area (Å²) in [4.78, 5) is 24.2. The van der Waals surface area contributed by atoms with E-state index < -0.39 is 45.2 Å². The minimum atomic E-state index is -2.76. The van der Waals surface area contributed by atoms with Gasteiger partial charge in [-0.25, -0.2) is 4.39 Å². The monoisotopic (exact) mass is 515 g/mol. The Kier molecular flexibility index (Phi) is 7.05. The summed E-state index contributed by atoms with van der Waals surface area (Å²) in [5.74, 6) is -2.25. The number of fused-ring (bicyclic) bond motifs is 1. The lowest BCUT2D eigenvalue weighted by molar-refractivity contribution is -0.139. The molecule has 0 spiro atoms. The van der Waals surface area contributed by atoms with E-state index >= 15 is 0 Å². The molecule has 2 aliphatic rings. The Morgan fingerprint density at radius 2 is 1.97 bits per heavy atom. The molecule has 4 rings (SSSR count). The Balaban J connectivity index is 1.48. The van der Waals surface area contributed by atoms with E-state index in [2.05, 4.69) is 10.6 Å². The molecule has 4 unspecified atom stereocenters. The minimum Gasteiger partial charge on any atom is -0.480 e. The van der Waals surface area contributed by atoms with Crippen LogP contribution in [0.3, 0.4) is 0 Å². The maximum absolute atomic E-state index is 13.6. The van der Waals surface area contributed by atoms with Crippen LogP contribution < -0.4 is 10.6 Å². The maximum atomic E-state index is 13.6. The van der Waals surface area contributed by atoms with Crippen molar-refractivity contribution in [1.29, 1.82) is 4.78 Å². The van der Waals surface area contributed by atoms with Crippen LogP contribution in [-0.2, 0) is 30.6 Å². The molecule has 0 fully saturated rings. The summed E-state index contributed by atoms with van der Waals surface area (Å²) in [5, 5.41) is 15.1. The number of benzene rings is 2. The van der Waals surface area contributed by atoms with Crippen LogP contribution in [-0.4, -0.2) is 50.9 Å². The third-order valence-corrected chi connectivity index (χ3v) is 7.56. The van der Waals surface area contributed by atoms with Crippen molar-refractivity contribution in [2.24, 2.45) is 0 Å². The molecule has 0 saturated carbocycles. The van der Waals surface area contributed by atoms with E-state index in [9.17, 15) is 23.3 Å². The molecule has 4 atom stereocenters.